The maximum Gasteiger partial charge on any atom is 0.0542 e. The molecule has 0 aliphatic carbocycles. The van der Waals surface area contributed by atoms with Gasteiger partial charge < -0.3 is 5.11 Å². The third-order valence-corrected chi connectivity index (χ3v) is 2.52. The molecule has 13 heavy (non-hydrogen) atoms. The van der Waals surface area contributed by atoms with E-state index in [9.17, 15) is 5.11 Å². The fraction of sp³-hybridized carbons (Fsp3) is 1.00. The molecule has 0 fully saturated rings. The van der Waals surface area contributed by atoms with E-state index in [0.29, 0.717) is 5.92 Å². The molecule has 0 amide bonds. The fourth-order valence-electron chi connectivity index (χ4n) is 1.78. The van der Waals surface area contributed by atoms with Crippen molar-refractivity contribution in [2.75, 3.05) is 0 Å². The van der Waals surface area contributed by atoms with E-state index in [-0.39, 0.29) is 6.10 Å². The normalized spacial score (nSPS) is 16.2. The first kappa shape index (κ1) is 13.0. The van der Waals surface area contributed by atoms with Gasteiger partial charge in [0.2, 0.25) is 0 Å². The quantitative estimate of drug-likeness (QED) is 0.644. The zero-order valence-electron chi connectivity index (χ0n) is 9.71. The van der Waals surface area contributed by atoms with Crippen LogP contribution in [-0.4, -0.2) is 11.2 Å². The first-order valence-electron chi connectivity index (χ1n) is 5.74. The Morgan fingerprint density at radius 2 is 1.62 bits per heavy atom. The lowest BCUT2D eigenvalue weighted by molar-refractivity contribution is 0.131. The van der Waals surface area contributed by atoms with Crippen LogP contribution in [0, 0.1) is 11.8 Å². The van der Waals surface area contributed by atoms with Crippen LogP contribution in [0.5, 0.6) is 0 Å². The number of aliphatic hydroxyl groups excluding tert-OH is 1. The third kappa shape index (κ3) is 8.29. The number of rotatable bonds is 7. The summed E-state index contributed by atoms with van der Waals surface area (Å²) in [5, 5.41) is 9.64. The summed E-state index contributed by atoms with van der Waals surface area (Å²) in [5.41, 5.74) is 0. The van der Waals surface area contributed by atoms with E-state index >= 15 is 0 Å². The zero-order valence-corrected chi connectivity index (χ0v) is 9.71. The lowest BCUT2D eigenvalue weighted by Crippen LogP contribution is -2.11. The smallest absolute Gasteiger partial charge is 0.0542 e. The van der Waals surface area contributed by atoms with Crippen molar-refractivity contribution >= 4 is 0 Å². The first-order valence-corrected chi connectivity index (χ1v) is 5.74. The van der Waals surface area contributed by atoms with Crippen LogP contribution in [0.2, 0.25) is 0 Å². The van der Waals surface area contributed by atoms with Crippen LogP contribution < -0.4 is 0 Å². The first-order chi connectivity index (χ1) is 6.06. The second-order valence-corrected chi connectivity index (χ2v) is 4.75. The molecule has 0 saturated carbocycles. The average molecular weight is 186 g/mol. The van der Waals surface area contributed by atoms with E-state index < -0.39 is 0 Å². The van der Waals surface area contributed by atoms with Crippen molar-refractivity contribution in [1.82, 2.24) is 0 Å². The summed E-state index contributed by atoms with van der Waals surface area (Å²) in [4.78, 5) is 0. The van der Waals surface area contributed by atoms with Gasteiger partial charge >= 0.3 is 0 Å². The Morgan fingerprint density at radius 3 is 2.08 bits per heavy atom. The van der Waals surface area contributed by atoms with E-state index in [1.165, 1.54) is 19.3 Å². The van der Waals surface area contributed by atoms with Gasteiger partial charge in [0.25, 0.3) is 0 Å². The molecule has 0 radical (unpaired) electrons. The minimum absolute atomic E-state index is 0.0701. The van der Waals surface area contributed by atoms with Crippen LogP contribution in [0.25, 0.3) is 0 Å². The highest BCUT2D eigenvalue weighted by molar-refractivity contribution is 4.61. The van der Waals surface area contributed by atoms with Crippen LogP contribution >= 0.6 is 0 Å². The Balaban J connectivity index is 3.40. The van der Waals surface area contributed by atoms with Gasteiger partial charge in [0.05, 0.1) is 6.10 Å². The van der Waals surface area contributed by atoms with Gasteiger partial charge in [0.1, 0.15) is 0 Å². The lowest BCUT2D eigenvalue weighted by atomic mass is 9.95. The molecule has 2 atom stereocenters. The van der Waals surface area contributed by atoms with Crippen LogP contribution in [0.3, 0.4) is 0 Å². The van der Waals surface area contributed by atoms with E-state index in [2.05, 4.69) is 27.7 Å². The van der Waals surface area contributed by atoms with Crippen molar-refractivity contribution < 1.29 is 5.11 Å². The predicted octanol–water partition coefficient (Wildman–Crippen LogP) is 3.61. The molecule has 0 saturated heterocycles. The molecule has 0 bridgehead atoms. The molecule has 0 aliphatic heterocycles. The van der Waals surface area contributed by atoms with Crippen LogP contribution in [0.1, 0.15) is 59.8 Å². The minimum atomic E-state index is -0.0701. The molecule has 0 heterocycles. The van der Waals surface area contributed by atoms with Crippen LogP contribution in [-0.2, 0) is 0 Å². The lowest BCUT2D eigenvalue weighted by Gasteiger charge is -2.15. The molecule has 2 unspecified atom stereocenters. The third-order valence-electron chi connectivity index (χ3n) is 2.52. The fourth-order valence-corrected chi connectivity index (χ4v) is 1.78. The van der Waals surface area contributed by atoms with Gasteiger partial charge in [0, 0.05) is 0 Å². The monoisotopic (exact) mass is 186 g/mol. The molecule has 1 nitrogen and oxygen atoms in total. The van der Waals surface area contributed by atoms with Crippen molar-refractivity contribution in [3.63, 3.8) is 0 Å². The summed E-state index contributed by atoms with van der Waals surface area (Å²) >= 11 is 0. The topological polar surface area (TPSA) is 20.2 Å². The maximum absolute atomic E-state index is 9.64. The summed E-state index contributed by atoms with van der Waals surface area (Å²) in [6, 6.07) is 0. The molecule has 1 N–H and O–H groups in total. The van der Waals surface area contributed by atoms with Crippen molar-refractivity contribution in [1.29, 1.82) is 0 Å². The second-order valence-electron chi connectivity index (χ2n) is 4.75. The standard InChI is InChI=1S/C12H26O/c1-5-6-11(4)7-8-12(13)9-10(2)3/h10-13H,5-9H2,1-4H3. The molecule has 0 aromatic heterocycles. The largest absolute Gasteiger partial charge is 0.393 e. The summed E-state index contributed by atoms with van der Waals surface area (Å²) in [6.07, 6.45) is 5.62. The molecular formula is C12H26O. The van der Waals surface area contributed by atoms with Crippen molar-refractivity contribution in [2.45, 2.75) is 65.9 Å². The molecule has 0 aromatic carbocycles. The highest BCUT2D eigenvalue weighted by Gasteiger charge is 2.08. The highest BCUT2D eigenvalue weighted by Crippen LogP contribution is 2.16. The molecule has 0 aromatic rings. The summed E-state index contributed by atoms with van der Waals surface area (Å²) in [7, 11) is 0. The Bertz CT molecular complexity index is 110. The van der Waals surface area contributed by atoms with Crippen molar-refractivity contribution in [2.24, 2.45) is 11.8 Å². The highest BCUT2D eigenvalue weighted by atomic mass is 16.3. The van der Waals surface area contributed by atoms with E-state index in [0.717, 1.165) is 18.8 Å². The van der Waals surface area contributed by atoms with E-state index in [1.807, 2.05) is 0 Å². The maximum atomic E-state index is 9.64. The number of hydrogen-bond acceptors (Lipinski definition) is 1. The van der Waals surface area contributed by atoms with Crippen LogP contribution in [0.4, 0.5) is 0 Å². The van der Waals surface area contributed by atoms with Gasteiger partial charge in [-0.1, -0.05) is 40.5 Å². The molecule has 0 spiro atoms. The SMILES string of the molecule is CCCC(C)CCC(O)CC(C)C. The van der Waals surface area contributed by atoms with Crippen LogP contribution in [0.15, 0.2) is 0 Å². The van der Waals surface area contributed by atoms with Gasteiger partial charge in [-0.3, -0.25) is 0 Å². The Morgan fingerprint density at radius 1 is 1.00 bits per heavy atom. The summed E-state index contributed by atoms with van der Waals surface area (Å²) in [5.74, 6) is 1.41. The van der Waals surface area contributed by atoms with Crippen molar-refractivity contribution in [3.05, 3.63) is 0 Å². The zero-order chi connectivity index (χ0) is 10.3. The van der Waals surface area contributed by atoms with E-state index in [4.69, 9.17) is 0 Å². The molecular weight excluding hydrogens is 160 g/mol. The number of hydrogen-bond donors (Lipinski definition) is 1. The Kier molecular flexibility index (Phi) is 7.35. The second kappa shape index (κ2) is 7.37. The van der Waals surface area contributed by atoms with Crippen molar-refractivity contribution in [3.8, 4) is 0 Å². The van der Waals surface area contributed by atoms with Gasteiger partial charge in [-0.15, -0.1) is 0 Å². The molecule has 80 valence electrons. The Labute approximate surface area is 83.5 Å². The van der Waals surface area contributed by atoms with E-state index in [1.54, 1.807) is 0 Å². The number of aliphatic hydroxyl groups is 1. The average Bonchev–Trinajstić information content (AvgIpc) is 2.00. The van der Waals surface area contributed by atoms with Gasteiger partial charge in [-0.2, -0.15) is 0 Å². The summed E-state index contributed by atoms with van der Waals surface area (Å²) < 4.78 is 0. The molecule has 1 heteroatoms. The predicted molar refractivity (Wildman–Crippen MR) is 58.8 cm³/mol. The van der Waals surface area contributed by atoms with Gasteiger partial charge in [-0.25, -0.2) is 0 Å². The minimum Gasteiger partial charge on any atom is -0.393 e. The Hall–Kier alpha value is -0.0400. The summed E-state index contributed by atoms with van der Waals surface area (Å²) in [6.45, 7) is 8.84. The molecule has 0 rings (SSSR count). The molecule has 0 aliphatic rings. The van der Waals surface area contributed by atoms with Gasteiger partial charge in [0.15, 0.2) is 0 Å². The van der Waals surface area contributed by atoms with Gasteiger partial charge in [-0.05, 0) is 31.1 Å².